The fraction of sp³-hybridized carbons (Fsp3) is 1.00. The maximum atomic E-state index is 10.3. The molecular weight excluding hydrogens is 216 g/mol. The van der Waals surface area contributed by atoms with Gasteiger partial charge in [0.05, 0.1) is 17.8 Å². The minimum Gasteiger partial charge on any atom is -0.390 e. The van der Waals surface area contributed by atoms with E-state index in [0.717, 1.165) is 32.3 Å². The van der Waals surface area contributed by atoms with Crippen LogP contribution in [0.2, 0.25) is 0 Å². The van der Waals surface area contributed by atoms with Gasteiger partial charge in [-0.15, -0.1) is 0 Å². The van der Waals surface area contributed by atoms with Gasteiger partial charge in [0, 0.05) is 6.61 Å². The molecule has 3 unspecified atom stereocenters. The SMILES string of the molecule is CC(C)C(O)C(O)C1CCOC2(CCCC2)C1. The van der Waals surface area contributed by atoms with Crippen LogP contribution in [-0.4, -0.2) is 34.6 Å². The van der Waals surface area contributed by atoms with Gasteiger partial charge in [0.25, 0.3) is 0 Å². The van der Waals surface area contributed by atoms with Crippen molar-refractivity contribution in [1.82, 2.24) is 0 Å². The lowest BCUT2D eigenvalue weighted by Crippen LogP contribution is -2.45. The smallest absolute Gasteiger partial charge is 0.0831 e. The molecule has 2 aliphatic rings. The highest BCUT2D eigenvalue weighted by Crippen LogP contribution is 2.43. The number of rotatable bonds is 3. The summed E-state index contributed by atoms with van der Waals surface area (Å²) in [6.07, 6.45) is 5.38. The summed E-state index contributed by atoms with van der Waals surface area (Å²) in [5.41, 5.74) is 0.0284. The monoisotopic (exact) mass is 242 g/mol. The first kappa shape index (κ1) is 13.3. The molecule has 1 saturated heterocycles. The zero-order valence-corrected chi connectivity index (χ0v) is 11.1. The van der Waals surface area contributed by atoms with E-state index < -0.39 is 12.2 Å². The first-order chi connectivity index (χ1) is 8.04. The third kappa shape index (κ3) is 2.83. The Morgan fingerprint density at radius 1 is 1.18 bits per heavy atom. The average Bonchev–Trinajstić information content (AvgIpc) is 2.75. The second kappa shape index (κ2) is 5.25. The van der Waals surface area contributed by atoms with E-state index in [0.29, 0.717) is 0 Å². The third-order valence-electron chi connectivity index (χ3n) is 4.56. The Morgan fingerprint density at radius 3 is 2.41 bits per heavy atom. The Kier molecular flexibility index (Phi) is 4.11. The molecule has 0 amide bonds. The van der Waals surface area contributed by atoms with Crippen molar-refractivity contribution in [1.29, 1.82) is 0 Å². The number of hydrogen-bond donors (Lipinski definition) is 2. The predicted molar refractivity (Wildman–Crippen MR) is 66.7 cm³/mol. The average molecular weight is 242 g/mol. The Labute approximate surface area is 104 Å². The summed E-state index contributed by atoms with van der Waals surface area (Å²) in [6, 6.07) is 0. The molecule has 17 heavy (non-hydrogen) atoms. The quantitative estimate of drug-likeness (QED) is 0.797. The Balaban J connectivity index is 1.97. The molecule has 0 radical (unpaired) electrons. The molecule has 100 valence electrons. The molecule has 0 aromatic heterocycles. The predicted octanol–water partition coefficient (Wildman–Crippen LogP) is 2.10. The van der Waals surface area contributed by atoms with Crippen LogP contribution in [0.5, 0.6) is 0 Å². The molecule has 1 heterocycles. The summed E-state index contributed by atoms with van der Waals surface area (Å²) in [4.78, 5) is 0. The normalized spacial score (nSPS) is 31.9. The summed E-state index contributed by atoms with van der Waals surface area (Å²) in [5.74, 6) is 0.326. The molecular formula is C14H26O3. The second-order valence-electron chi connectivity index (χ2n) is 6.22. The van der Waals surface area contributed by atoms with E-state index in [9.17, 15) is 10.2 Å². The van der Waals surface area contributed by atoms with Crippen molar-refractivity contribution < 1.29 is 14.9 Å². The van der Waals surface area contributed by atoms with Crippen LogP contribution in [0, 0.1) is 11.8 Å². The molecule has 1 aliphatic heterocycles. The maximum Gasteiger partial charge on any atom is 0.0831 e. The minimum absolute atomic E-state index is 0.0284. The number of hydrogen-bond acceptors (Lipinski definition) is 3. The van der Waals surface area contributed by atoms with Crippen molar-refractivity contribution in [2.24, 2.45) is 11.8 Å². The summed E-state index contributed by atoms with van der Waals surface area (Å²) < 4.78 is 5.95. The fourth-order valence-corrected chi connectivity index (χ4v) is 3.40. The number of aliphatic hydroxyl groups is 2. The fourth-order valence-electron chi connectivity index (χ4n) is 3.40. The van der Waals surface area contributed by atoms with Crippen molar-refractivity contribution in [3.63, 3.8) is 0 Å². The van der Waals surface area contributed by atoms with Gasteiger partial charge in [0.2, 0.25) is 0 Å². The van der Waals surface area contributed by atoms with E-state index in [-0.39, 0.29) is 17.4 Å². The van der Waals surface area contributed by atoms with Gasteiger partial charge >= 0.3 is 0 Å². The van der Waals surface area contributed by atoms with Crippen LogP contribution in [0.4, 0.5) is 0 Å². The van der Waals surface area contributed by atoms with Crippen molar-refractivity contribution >= 4 is 0 Å². The van der Waals surface area contributed by atoms with Crippen molar-refractivity contribution in [2.45, 2.75) is 70.2 Å². The van der Waals surface area contributed by atoms with Gasteiger partial charge in [-0.3, -0.25) is 0 Å². The molecule has 0 aromatic rings. The molecule has 1 aliphatic carbocycles. The summed E-state index contributed by atoms with van der Waals surface area (Å²) in [7, 11) is 0. The van der Waals surface area contributed by atoms with Crippen molar-refractivity contribution in [3.8, 4) is 0 Å². The molecule has 2 fully saturated rings. The number of ether oxygens (including phenoxy) is 1. The Morgan fingerprint density at radius 2 is 1.82 bits per heavy atom. The molecule has 0 bridgehead atoms. The number of aliphatic hydroxyl groups excluding tert-OH is 2. The minimum atomic E-state index is -0.600. The zero-order valence-electron chi connectivity index (χ0n) is 11.1. The molecule has 0 aromatic carbocycles. The van der Waals surface area contributed by atoms with Crippen LogP contribution in [0.15, 0.2) is 0 Å². The lowest BCUT2D eigenvalue weighted by atomic mass is 9.79. The summed E-state index contributed by atoms with van der Waals surface area (Å²) in [6.45, 7) is 4.66. The lowest BCUT2D eigenvalue weighted by Gasteiger charge is -2.41. The molecule has 2 rings (SSSR count). The zero-order chi connectivity index (χ0) is 12.5. The summed E-state index contributed by atoms with van der Waals surface area (Å²) >= 11 is 0. The first-order valence-electron chi connectivity index (χ1n) is 7.04. The lowest BCUT2D eigenvalue weighted by molar-refractivity contribution is -0.133. The second-order valence-corrected chi connectivity index (χ2v) is 6.22. The van der Waals surface area contributed by atoms with Crippen molar-refractivity contribution in [3.05, 3.63) is 0 Å². The molecule has 1 saturated carbocycles. The van der Waals surface area contributed by atoms with Crippen LogP contribution >= 0.6 is 0 Å². The van der Waals surface area contributed by atoms with E-state index in [1.165, 1.54) is 12.8 Å². The molecule has 3 nitrogen and oxygen atoms in total. The third-order valence-corrected chi connectivity index (χ3v) is 4.56. The highest BCUT2D eigenvalue weighted by molar-refractivity contribution is 4.94. The van der Waals surface area contributed by atoms with E-state index >= 15 is 0 Å². The van der Waals surface area contributed by atoms with Gasteiger partial charge in [0.1, 0.15) is 0 Å². The van der Waals surface area contributed by atoms with Crippen LogP contribution in [-0.2, 0) is 4.74 Å². The van der Waals surface area contributed by atoms with Crippen LogP contribution in [0.3, 0.4) is 0 Å². The van der Waals surface area contributed by atoms with Crippen molar-refractivity contribution in [2.75, 3.05) is 6.61 Å². The summed E-state index contributed by atoms with van der Waals surface area (Å²) in [5, 5.41) is 20.2. The highest BCUT2D eigenvalue weighted by Gasteiger charge is 2.43. The van der Waals surface area contributed by atoms with Crippen LogP contribution < -0.4 is 0 Å². The molecule has 2 N–H and O–H groups in total. The molecule has 3 heteroatoms. The first-order valence-corrected chi connectivity index (χ1v) is 7.04. The standard InChI is InChI=1S/C14H26O3/c1-10(2)12(15)13(16)11-5-8-17-14(9-11)6-3-4-7-14/h10-13,15-16H,3-9H2,1-2H3. The van der Waals surface area contributed by atoms with Gasteiger partial charge in [-0.2, -0.15) is 0 Å². The van der Waals surface area contributed by atoms with Gasteiger partial charge in [-0.25, -0.2) is 0 Å². The Hall–Kier alpha value is -0.120. The van der Waals surface area contributed by atoms with Gasteiger partial charge in [0.15, 0.2) is 0 Å². The van der Waals surface area contributed by atoms with E-state index in [1.807, 2.05) is 13.8 Å². The van der Waals surface area contributed by atoms with Gasteiger partial charge in [-0.1, -0.05) is 26.7 Å². The Bertz CT molecular complexity index is 246. The molecule has 3 atom stereocenters. The topological polar surface area (TPSA) is 49.7 Å². The van der Waals surface area contributed by atoms with E-state index in [1.54, 1.807) is 0 Å². The largest absolute Gasteiger partial charge is 0.390 e. The van der Waals surface area contributed by atoms with Crippen LogP contribution in [0.25, 0.3) is 0 Å². The van der Waals surface area contributed by atoms with Gasteiger partial charge in [-0.05, 0) is 37.5 Å². The molecule has 1 spiro atoms. The van der Waals surface area contributed by atoms with E-state index in [2.05, 4.69) is 0 Å². The highest BCUT2D eigenvalue weighted by atomic mass is 16.5. The van der Waals surface area contributed by atoms with E-state index in [4.69, 9.17) is 4.74 Å². The van der Waals surface area contributed by atoms with Gasteiger partial charge < -0.3 is 14.9 Å². The van der Waals surface area contributed by atoms with Crippen LogP contribution in [0.1, 0.15) is 52.4 Å². The maximum absolute atomic E-state index is 10.3.